The maximum atomic E-state index is 11.6. The monoisotopic (exact) mass is 401 g/mol. The van der Waals surface area contributed by atoms with Gasteiger partial charge in [0.1, 0.15) is 0 Å². The van der Waals surface area contributed by atoms with E-state index in [1.807, 2.05) is 6.92 Å². The van der Waals surface area contributed by atoms with E-state index in [2.05, 4.69) is 73.0 Å². The van der Waals surface area contributed by atoms with Gasteiger partial charge < -0.3 is 10.4 Å². The number of carbonyl (C=O) groups is 1. The maximum Gasteiger partial charge on any atom is 0.220 e. The van der Waals surface area contributed by atoms with Crippen molar-refractivity contribution in [3.05, 3.63) is 60.8 Å². The van der Waals surface area contributed by atoms with Crippen LogP contribution in [-0.2, 0) is 4.79 Å². The number of aliphatic hydroxyl groups excluding tert-OH is 1. The molecule has 1 atom stereocenters. The Morgan fingerprint density at radius 3 is 1.79 bits per heavy atom. The standard InChI is InChI=1S/C26H43NO2/c1-3-5-6-7-8-9-10-11-12-13-14-15-16-17-18-19-20-21-22-23-26(29)27-24-25(28)4-2/h5-6,8-9,11-12,14-15,17-18,25,28H,3-4,7,10,13,16,19-24H2,1-2H3,(H,27,29)/b6-5-,9-8-,12-11-,15-14-,18-17-. The van der Waals surface area contributed by atoms with Crippen LogP contribution in [0.4, 0.5) is 0 Å². The molecule has 0 rings (SSSR count). The van der Waals surface area contributed by atoms with Gasteiger partial charge in [0.25, 0.3) is 0 Å². The van der Waals surface area contributed by atoms with E-state index in [4.69, 9.17) is 0 Å². The number of allylic oxidation sites excluding steroid dienone is 10. The molecule has 0 aliphatic rings. The lowest BCUT2D eigenvalue weighted by Crippen LogP contribution is -2.31. The average molecular weight is 402 g/mol. The first-order chi connectivity index (χ1) is 14.2. The molecular formula is C26H43NO2. The first kappa shape index (κ1) is 27.1. The molecule has 0 spiro atoms. The van der Waals surface area contributed by atoms with Crippen molar-refractivity contribution < 1.29 is 9.90 Å². The number of rotatable bonds is 18. The van der Waals surface area contributed by atoms with E-state index in [0.717, 1.165) is 57.8 Å². The normalized spacial score (nSPS) is 13.6. The maximum absolute atomic E-state index is 11.6. The van der Waals surface area contributed by atoms with Crippen molar-refractivity contribution in [2.75, 3.05) is 6.54 Å². The van der Waals surface area contributed by atoms with Gasteiger partial charge >= 0.3 is 0 Å². The Balaban J connectivity index is 3.47. The molecule has 3 nitrogen and oxygen atoms in total. The van der Waals surface area contributed by atoms with Crippen molar-refractivity contribution in [1.29, 1.82) is 0 Å². The summed E-state index contributed by atoms with van der Waals surface area (Å²) in [6, 6.07) is 0. The second-order valence-electron chi connectivity index (χ2n) is 7.17. The quantitative estimate of drug-likeness (QED) is 0.201. The van der Waals surface area contributed by atoms with Crippen LogP contribution in [0.1, 0.15) is 84.5 Å². The highest BCUT2D eigenvalue weighted by Crippen LogP contribution is 2.04. The van der Waals surface area contributed by atoms with Gasteiger partial charge in [-0.25, -0.2) is 0 Å². The Kier molecular flexibility index (Phi) is 21.0. The van der Waals surface area contributed by atoms with Crippen molar-refractivity contribution in [2.45, 2.75) is 90.6 Å². The smallest absolute Gasteiger partial charge is 0.220 e. The molecule has 0 fully saturated rings. The number of unbranched alkanes of at least 4 members (excludes halogenated alkanes) is 3. The fourth-order valence-corrected chi connectivity index (χ4v) is 2.56. The highest BCUT2D eigenvalue weighted by atomic mass is 16.3. The van der Waals surface area contributed by atoms with E-state index in [1.165, 1.54) is 0 Å². The summed E-state index contributed by atoms with van der Waals surface area (Å²) in [6.07, 6.45) is 32.3. The molecule has 0 aromatic rings. The van der Waals surface area contributed by atoms with Gasteiger partial charge in [-0.15, -0.1) is 0 Å². The largest absolute Gasteiger partial charge is 0.391 e. The zero-order valence-corrected chi connectivity index (χ0v) is 18.7. The molecule has 1 amide bonds. The average Bonchev–Trinajstić information content (AvgIpc) is 2.73. The molecule has 1 unspecified atom stereocenters. The molecule has 0 aliphatic carbocycles. The molecular weight excluding hydrogens is 358 g/mol. The van der Waals surface area contributed by atoms with Gasteiger partial charge in [0.2, 0.25) is 5.91 Å². The van der Waals surface area contributed by atoms with Crippen LogP contribution in [-0.4, -0.2) is 23.7 Å². The Morgan fingerprint density at radius 1 is 0.759 bits per heavy atom. The number of hydrogen-bond donors (Lipinski definition) is 2. The Morgan fingerprint density at radius 2 is 1.28 bits per heavy atom. The summed E-state index contributed by atoms with van der Waals surface area (Å²) in [4.78, 5) is 11.6. The van der Waals surface area contributed by atoms with Gasteiger partial charge in [-0.1, -0.05) is 81.0 Å². The summed E-state index contributed by atoms with van der Waals surface area (Å²) in [6.45, 7) is 4.43. The van der Waals surface area contributed by atoms with Gasteiger partial charge in [0, 0.05) is 13.0 Å². The number of amides is 1. The van der Waals surface area contributed by atoms with Crippen LogP contribution in [0.25, 0.3) is 0 Å². The third-order valence-electron chi connectivity index (χ3n) is 4.44. The van der Waals surface area contributed by atoms with Gasteiger partial charge in [-0.05, 0) is 57.8 Å². The van der Waals surface area contributed by atoms with E-state index in [-0.39, 0.29) is 5.91 Å². The highest BCUT2D eigenvalue weighted by molar-refractivity contribution is 5.75. The minimum absolute atomic E-state index is 0.0485. The second-order valence-corrected chi connectivity index (χ2v) is 7.17. The van der Waals surface area contributed by atoms with Gasteiger partial charge in [-0.2, -0.15) is 0 Å². The summed E-state index contributed by atoms with van der Waals surface area (Å²) in [5.41, 5.74) is 0. The lowest BCUT2D eigenvalue weighted by Gasteiger charge is -2.09. The number of nitrogens with one attached hydrogen (secondary N) is 1. The third-order valence-corrected chi connectivity index (χ3v) is 4.44. The molecule has 164 valence electrons. The molecule has 0 radical (unpaired) electrons. The van der Waals surface area contributed by atoms with Crippen LogP contribution in [0.2, 0.25) is 0 Å². The zero-order valence-electron chi connectivity index (χ0n) is 18.7. The van der Waals surface area contributed by atoms with E-state index in [1.54, 1.807) is 0 Å². The van der Waals surface area contributed by atoms with Crippen LogP contribution in [0.15, 0.2) is 60.8 Å². The fraction of sp³-hybridized carbons (Fsp3) is 0.577. The molecule has 0 heterocycles. The molecule has 0 aromatic heterocycles. The fourth-order valence-electron chi connectivity index (χ4n) is 2.56. The van der Waals surface area contributed by atoms with Crippen molar-refractivity contribution in [3.63, 3.8) is 0 Å². The summed E-state index contributed by atoms with van der Waals surface area (Å²) in [5, 5.41) is 12.2. The minimum atomic E-state index is -0.422. The van der Waals surface area contributed by atoms with Gasteiger partial charge in [-0.3, -0.25) is 4.79 Å². The van der Waals surface area contributed by atoms with Crippen LogP contribution in [0, 0.1) is 0 Å². The molecule has 29 heavy (non-hydrogen) atoms. The van der Waals surface area contributed by atoms with Crippen LogP contribution in [0.3, 0.4) is 0 Å². The number of aliphatic hydroxyl groups is 1. The van der Waals surface area contributed by atoms with Crippen molar-refractivity contribution >= 4 is 5.91 Å². The topological polar surface area (TPSA) is 49.3 Å². The van der Waals surface area contributed by atoms with Crippen LogP contribution < -0.4 is 5.32 Å². The Labute approximate surface area is 179 Å². The summed E-state index contributed by atoms with van der Waals surface area (Å²) in [7, 11) is 0. The lowest BCUT2D eigenvalue weighted by atomic mass is 10.1. The van der Waals surface area contributed by atoms with Crippen molar-refractivity contribution in [2.24, 2.45) is 0 Å². The third kappa shape index (κ3) is 22.3. The Bertz CT molecular complexity index is 515. The molecule has 0 saturated heterocycles. The van der Waals surface area contributed by atoms with Gasteiger partial charge in [0.15, 0.2) is 0 Å². The van der Waals surface area contributed by atoms with E-state index in [9.17, 15) is 9.90 Å². The zero-order chi connectivity index (χ0) is 21.4. The SMILES string of the molecule is CC/C=C\C/C=C\C/C=C\C/C=C\C/C=C\CCCCCC(=O)NCC(O)CC. The number of carbonyl (C=O) groups excluding carboxylic acids is 1. The lowest BCUT2D eigenvalue weighted by molar-refractivity contribution is -0.121. The van der Waals surface area contributed by atoms with Crippen molar-refractivity contribution in [3.8, 4) is 0 Å². The minimum Gasteiger partial charge on any atom is -0.391 e. The van der Waals surface area contributed by atoms with Crippen molar-refractivity contribution in [1.82, 2.24) is 5.32 Å². The van der Waals surface area contributed by atoms with Crippen LogP contribution in [0.5, 0.6) is 0 Å². The molecule has 0 aromatic carbocycles. The second kappa shape index (κ2) is 22.4. The predicted octanol–water partition coefficient (Wildman–Crippen LogP) is 6.58. The molecule has 3 heteroatoms. The predicted molar refractivity (Wildman–Crippen MR) is 127 cm³/mol. The molecule has 2 N–H and O–H groups in total. The highest BCUT2D eigenvalue weighted by Gasteiger charge is 2.04. The van der Waals surface area contributed by atoms with Crippen LogP contribution >= 0.6 is 0 Å². The van der Waals surface area contributed by atoms with E-state index >= 15 is 0 Å². The summed E-state index contributed by atoms with van der Waals surface area (Å²) >= 11 is 0. The Hall–Kier alpha value is -1.87. The summed E-state index contributed by atoms with van der Waals surface area (Å²) < 4.78 is 0. The number of hydrogen-bond acceptors (Lipinski definition) is 2. The van der Waals surface area contributed by atoms with Gasteiger partial charge in [0.05, 0.1) is 6.10 Å². The molecule has 0 saturated carbocycles. The molecule has 0 aliphatic heterocycles. The first-order valence-corrected chi connectivity index (χ1v) is 11.4. The summed E-state index contributed by atoms with van der Waals surface area (Å²) in [5.74, 6) is 0.0485. The first-order valence-electron chi connectivity index (χ1n) is 11.4. The van der Waals surface area contributed by atoms with E-state index in [0.29, 0.717) is 19.4 Å². The van der Waals surface area contributed by atoms with E-state index < -0.39 is 6.10 Å². The molecule has 0 bridgehead atoms.